The van der Waals surface area contributed by atoms with E-state index in [1.807, 2.05) is 38.1 Å². The van der Waals surface area contributed by atoms with Crippen molar-refractivity contribution in [2.75, 3.05) is 5.32 Å². The van der Waals surface area contributed by atoms with Crippen LogP contribution in [0.15, 0.2) is 36.9 Å². The Hall–Kier alpha value is -2.21. The Morgan fingerprint density at radius 2 is 2.29 bits per heavy atom. The number of carbonyl (C=O) groups is 1. The fraction of sp³-hybridized carbons (Fsp3) is 0.400. The van der Waals surface area contributed by atoms with Crippen LogP contribution in [0.2, 0.25) is 0 Å². The first-order chi connectivity index (χ1) is 10.1. The number of benzene rings is 1. The Kier molecular flexibility index (Phi) is 5.05. The predicted octanol–water partition coefficient (Wildman–Crippen LogP) is 1.64. The van der Waals surface area contributed by atoms with Gasteiger partial charge in [0.1, 0.15) is 12.7 Å². The first kappa shape index (κ1) is 15.2. The van der Waals surface area contributed by atoms with Crippen LogP contribution in [0.4, 0.5) is 5.69 Å². The normalized spacial score (nSPS) is 13.7. The molecule has 21 heavy (non-hydrogen) atoms. The molecule has 0 aliphatic rings. The summed E-state index contributed by atoms with van der Waals surface area (Å²) in [5, 5.41) is 6.93. The van der Waals surface area contributed by atoms with E-state index in [0.717, 1.165) is 17.7 Å². The lowest BCUT2D eigenvalue weighted by atomic mass is 9.99. The smallest absolute Gasteiger partial charge is 0.241 e. The summed E-state index contributed by atoms with van der Waals surface area (Å²) in [6, 6.07) is 7.16. The molecule has 1 aromatic heterocycles. The summed E-state index contributed by atoms with van der Waals surface area (Å²) >= 11 is 0. The number of anilines is 1. The van der Waals surface area contributed by atoms with E-state index in [2.05, 4.69) is 15.4 Å². The molecule has 0 bridgehead atoms. The first-order valence-electron chi connectivity index (χ1n) is 7.08. The molecule has 0 saturated heterocycles. The fourth-order valence-corrected chi connectivity index (χ4v) is 1.99. The molecule has 112 valence electrons. The zero-order chi connectivity index (χ0) is 15.2. The standard InChI is InChI=1S/C15H21N5O/c1-3-11(2)14(16)15(21)19-13-6-4-5-12(7-13)8-20-10-17-9-18-20/h4-7,9-11,14H,3,8,16H2,1-2H3,(H,19,21)/t11-,14-/m0/s1. The van der Waals surface area contributed by atoms with Crippen LogP contribution in [-0.4, -0.2) is 26.7 Å². The Balaban J connectivity index is 2.02. The topological polar surface area (TPSA) is 85.8 Å². The summed E-state index contributed by atoms with van der Waals surface area (Å²) in [5.41, 5.74) is 7.72. The third-order valence-corrected chi connectivity index (χ3v) is 3.57. The van der Waals surface area contributed by atoms with Gasteiger partial charge >= 0.3 is 0 Å². The summed E-state index contributed by atoms with van der Waals surface area (Å²) < 4.78 is 1.73. The molecule has 2 atom stereocenters. The van der Waals surface area contributed by atoms with Gasteiger partial charge in [-0.05, 0) is 23.6 Å². The minimum absolute atomic E-state index is 0.151. The van der Waals surface area contributed by atoms with Gasteiger partial charge in [0.25, 0.3) is 0 Å². The Morgan fingerprint density at radius 3 is 2.95 bits per heavy atom. The average Bonchev–Trinajstić information content (AvgIpc) is 2.98. The van der Waals surface area contributed by atoms with E-state index in [-0.39, 0.29) is 11.8 Å². The third kappa shape index (κ3) is 4.13. The summed E-state index contributed by atoms with van der Waals surface area (Å²) in [4.78, 5) is 16.0. The van der Waals surface area contributed by atoms with Crippen LogP contribution >= 0.6 is 0 Å². The monoisotopic (exact) mass is 287 g/mol. The van der Waals surface area contributed by atoms with Crippen LogP contribution in [-0.2, 0) is 11.3 Å². The van der Waals surface area contributed by atoms with Crippen molar-refractivity contribution in [3.05, 3.63) is 42.5 Å². The van der Waals surface area contributed by atoms with E-state index >= 15 is 0 Å². The largest absolute Gasteiger partial charge is 0.325 e. The van der Waals surface area contributed by atoms with Crippen LogP contribution in [0, 0.1) is 5.92 Å². The van der Waals surface area contributed by atoms with Crippen LogP contribution in [0.25, 0.3) is 0 Å². The molecule has 2 aromatic rings. The van der Waals surface area contributed by atoms with Gasteiger partial charge in [0.2, 0.25) is 5.91 Å². The van der Waals surface area contributed by atoms with E-state index in [9.17, 15) is 4.79 Å². The van der Waals surface area contributed by atoms with Gasteiger partial charge in [-0.25, -0.2) is 9.67 Å². The molecule has 1 heterocycles. The van der Waals surface area contributed by atoms with Crippen molar-refractivity contribution in [2.45, 2.75) is 32.9 Å². The van der Waals surface area contributed by atoms with Gasteiger partial charge in [0.15, 0.2) is 0 Å². The Morgan fingerprint density at radius 1 is 1.48 bits per heavy atom. The van der Waals surface area contributed by atoms with E-state index in [1.165, 1.54) is 6.33 Å². The number of amides is 1. The van der Waals surface area contributed by atoms with Crippen molar-refractivity contribution in [3.63, 3.8) is 0 Å². The molecule has 0 spiro atoms. The minimum Gasteiger partial charge on any atom is -0.325 e. The highest BCUT2D eigenvalue weighted by Gasteiger charge is 2.19. The van der Waals surface area contributed by atoms with Gasteiger partial charge < -0.3 is 11.1 Å². The van der Waals surface area contributed by atoms with Crippen LogP contribution < -0.4 is 11.1 Å². The second kappa shape index (κ2) is 6.99. The summed E-state index contributed by atoms with van der Waals surface area (Å²) in [6.45, 7) is 4.61. The fourth-order valence-electron chi connectivity index (χ4n) is 1.99. The number of nitrogens with one attached hydrogen (secondary N) is 1. The second-order valence-electron chi connectivity index (χ2n) is 5.19. The van der Waals surface area contributed by atoms with Crippen molar-refractivity contribution >= 4 is 11.6 Å². The number of hydrogen-bond acceptors (Lipinski definition) is 4. The number of nitrogens with two attached hydrogens (primary N) is 1. The summed E-state index contributed by atoms with van der Waals surface area (Å²) in [7, 11) is 0. The van der Waals surface area contributed by atoms with E-state index in [1.54, 1.807) is 11.0 Å². The molecule has 1 aromatic carbocycles. The van der Waals surface area contributed by atoms with Gasteiger partial charge in [-0.1, -0.05) is 32.4 Å². The highest BCUT2D eigenvalue weighted by atomic mass is 16.2. The summed E-state index contributed by atoms with van der Waals surface area (Å²) in [6.07, 6.45) is 4.03. The highest BCUT2D eigenvalue weighted by Crippen LogP contribution is 2.13. The molecule has 2 rings (SSSR count). The molecule has 0 radical (unpaired) electrons. The molecule has 3 N–H and O–H groups in total. The van der Waals surface area contributed by atoms with E-state index in [4.69, 9.17) is 5.73 Å². The second-order valence-corrected chi connectivity index (χ2v) is 5.19. The predicted molar refractivity (Wildman–Crippen MR) is 81.6 cm³/mol. The average molecular weight is 287 g/mol. The summed E-state index contributed by atoms with van der Waals surface area (Å²) in [5.74, 6) is 0.00517. The van der Waals surface area contributed by atoms with Crippen molar-refractivity contribution in [1.29, 1.82) is 0 Å². The van der Waals surface area contributed by atoms with Crippen molar-refractivity contribution < 1.29 is 4.79 Å². The molecular formula is C15H21N5O. The maximum absolute atomic E-state index is 12.1. The molecular weight excluding hydrogens is 266 g/mol. The van der Waals surface area contributed by atoms with Crippen molar-refractivity contribution in [1.82, 2.24) is 14.8 Å². The zero-order valence-corrected chi connectivity index (χ0v) is 12.4. The maximum Gasteiger partial charge on any atom is 0.241 e. The van der Waals surface area contributed by atoms with Crippen LogP contribution in [0.1, 0.15) is 25.8 Å². The number of carbonyl (C=O) groups excluding carboxylic acids is 1. The zero-order valence-electron chi connectivity index (χ0n) is 12.4. The Bertz CT molecular complexity index is 582. The van der Waals surface area contributed by atoms with Crippen LogP contribution in [0.5, 0.6) is 0 Å². The lowest BCUT2D eigenvalue weighted by molar-refractivity contribution is -0.118. The third-order valence-electron chi connectivity index (χ3n) is 3.57. The molecule has 0 aliphatic carbocycles. The molecule has 0 aliphatic heterocycles. The maximum atomic E-state index is 12.1. The lowest BCUT2D eigenvalue weighted by Crippen LogP contribution is -2.40. The molecule has 0 unspecified atom stereocenters. The van der Waals surface area contributed by atoms with Crippen LogP contribution in [0.3, 0.4) is 0 Å². The molecule has 0 fully saturated rings. The van der Waals surface area contributed by atoms with E-state index in [0.29, 0.717) is 6.54 Å². The number of aromatic nitrogens is 3. The number of nitrogens with zero attached hydrogens (tertiary/aromatic N) is 3. The van der Waals surface area contributed by atoms with Gasteiger partial charge in [-0.3, -0.25) is 4.79 Å². The number of hydrogen-bond donors (Lipinski definition) is 2. The van der Waals surface area contributed by atoms with Gasteiger partial charge in [0.05, 0.1) is 12.6 Å². The van der Waals surface area contributed by atoms with Crippen molar-refractivity contribution in [3.8, 4) is 0 Å². The quantitative estimate of drug-likeness (QED) is 0.845. The van der Waals surface area contributed by atoms with Gasteiger partial charge in [-0.2, -0.15) is 5.10 Å². The molecule has 6 nitrogen and oxygen atoms in total. The van der Waals surface area contributed by atoms with Crippen molar-refractivity contribution in [2.24, 2.45) is 11.7 Å². The molecule has 1 amide bonds. The van der Waals surface area contributed by atoms with Gasteiger partial charge in [0, 0.05) is 5.69 Å². The highest BCUT2D eigenvalue weighted by molar-refractivity contribution is 5.94. The first-order valence-corrected chi connectivity index (χ1v) is 7.08. The molecule has 6 heteroatoms. The molecule has 0 saturated carbocycles. The lowest BCUT2D eigenvalue weighted by Gasteiger charge is -2.18. The van der Waals surface area contributed by atoms with E-state index < -0.39 is 6.04 Å². The minimum atomic E-state index is -0.492. The SMILES string of the molecule is CC[C@H](C)[C@H](N)C(=O)Nc1cccc(Cn2cncn2)c1. The van der Waals surface area contributed by atoms with Gasteiger partial charge in [-0.15, -0.1) is 0 Å². The number of rotatable bonds is 6. The Labute approximate surface area is 124 Å².